The first-order valence-electron chi connectivity index (χ1n) is 7.69. The van der Waals surface area contributed by atoms with E-state index < -0.39 is 0 Å². The predicted molar refractivity (Wildman–Crippen MR) is 80.1 cm³/mol. The molecular formula is C16H26N2O2. The monoisotopic (exact) mass is 278 g/mol. The fourth-order valence-corrected chi connectivity index (χ4v) is 1.93. The first-order chi connectivity index (χ1) is 9.79. The fraction of sp³-hybridized carbons (Fsp3) is 0.688. The number of ether oxygens (including phenoxy) is 2. The van der Waals surface area contributed by atoms with Crippen LogP contribution in [0.25, 0.3) is 0 Å². The maximum absolute atomic E-state index is 5.85. The summed E-state index contributed by atoms with van der Waals surface area (Å²) in [6.45, 7) is 7.07. The van der Waals surface area contributed by atoms with E-state index in [-0.39, 0.29) is 0 Å². The molecule has 0 saturated heterocycles. The lowest BCUT2D eigenvalue weighted by Gasteiger charge is -2.12. The van der Waals surface area contributed by atoms with Crippen molar-refractivity contribution in [2.45, 2.75) is 52.1 Å². The zero-order valence-corrected chi connectivity index (χ0v) is 12.7. The summed E-state index contributed by atoms with van der Waals surface area (Å²) in [7, 11) is 0. The zero-order valence-electron chi connectivity index (χ0n) is 12.7. The zero-order chi connectivity index (χ0) is 14.2. The SMILES string of the molecule is CCCCOCCOc1cc(C)ncc1CNC1CC1. The van der Waals surface area contributed by atoms with Crippen molar-refractivity contribution >= 4 is 0 Å². The van der Waals surface area contributed by atoms with Gasteiger partial charge in [0.15, 0.2) is 0 Å². The molecule has 0 unspecified atom stereocenters. The molecule has 4 nitrogen and oxygen atoms in total. The molecule has 1 aromatic rings. The Morgan fingerprint density at radius 1 is 1.30 bits per heavy atom. The lowest BCUT2D eigenvalue weighted by Crippen LogP contribution is -2.17. The second-order valence-electron chi connectivity index (χ2n) is 5.40. The van der Waals surface area contributed by atoms with E-state index in [0.717, 1.165) is 36.6 Å². The second-order valence-corrected chi connectivity index (χ2v) is 5.40. The van der Waals surface area contributed by atoms with Crippen LogP contribution in [0.1, 0.15) is 43.9 Å². The third-order valence-corrected chi connectivity index (χ3v) is 3.37. The Morgan fingerprint density at radius 3 is 2.90 bits per heavy atom. The van der Waals surface area contributed by atoms with Gasteiger partial charge >= 0.3 is 0 Å². The van der Waals surface area contributed by atoms with Crippen LogP contribution in [0.2, 0.25) is 0 Å². The second kappa shape index (κ2) is 8.22. The molecule has 4 heteroatoms. The molecule has 1 heterocycles. The Balaban J connectivity index is 1.76. The van der Waals surface area contributed by atoms with Crippen LogP contribution in [0, 0.1) is 6.92 Å². The standard InChI is InChI=1S/C16H26N2O2/c1-3-4-7-19-8-9-20-16-10-13(2)17-11-14(16)12-18-15-5-6-15/h10-11,15,18H,3-9,12H2,1-2H3. The Kier molecular flexibility index (Phi) is 6.27. The number of hydrogen-bond donors (Lipinski definition) is 1. The van der Waals surface area contributed by atoms with Gasteiger partial charge in [0.05, 0.1) is 6.61 Å². The van der Waals surface area contributed by atoms with E-state index in [1.807, 2.05) is 19.2 Å². The average molecular weight is 278 g/mol. The highest BCUT2D eigenvalue weighted by atomic mass is 16.5. The Hall–Kier alpha value is -1.13. The normalized spacial score (nSPS) is 14.5. The van der Waals surface area contributed by atoms with Gasteiger partial charge in [-0.15, -0.1) is 0 Å². The number of aryl methyl sites for hydroxylation is 1. The quantitative estimate of drug-likeness (QED) is 0.668. The molecule has 0 spiro atoms. The molecule has 0 radical (unpaired) electrons. The van der Waals surface area contributed by atoms with Gasteiger partial charge in [0, 0.05) is 42.7 Å². The van der Waals surface area contributed by atoms with Crippen molar-refractivity contribution in [1.82, 2.24) is 10.3 Å². The van der Waals surface area contributed by atoms with Crippen LogP contribution in [0.4, 0.5) is 0 Å². The maximum Gasteiger partial charge on any atom is 0.127 e. The molecule has 0 aliphatic heterocycles. The molecular weight excluding hydrogens is 252 g/mol. The molecule has 1 aliphatic rings. The van der Waals surface area contributed by atoms with Crippen molar-refractivity contribution in [2.75, 3.05) is 19.8 Å². The van der Waals surface area contributed by atoms with Crippen molar-refractivity contribution in [3.63, 3.8) is 0 Å². The van der Waals surface area contributed by atoms with Gasteiger partial charge in [0.1, 0.15) is 12.4 Å². The van der Waals surface area contributed by atoms with E-state index in [1.165, 1.54) is 19.3 Å². The van der Waals surface area contributed by atoms with Gasteiger partial charge in [-0.3, -0.25) is 4.98 Å². The molecule has 112 valence electrons. The minimum Gasteiger partial charge on any atom is -0.491 e. The van der Waals surface area contributed by atoms with Crippen molar-refractivity contribution in [3.05, 3.63) is 23.5 Å². The molecule has 1 aromatic heterocycles. The maximum atomic E-state index is 5.85. The number of unbranched alkanes of at least 4 members (excludes halogenated alkanes) is 1. The lowest BCUT2D eigenvalue weighted by atomic mass is 10.2. The average Bonchev–Trinajstić information content (AvgIpc) is 3.26. The van der Waals surface area contributed by atoms with Crippen molar-refractivity contribution in [1.29, 1.82) is 0 Å². The number of aromatic nitrogens is 1. The van der Waals surface area contributed by atoms with E-state index >= 15 is 0 Å². The summed E-state index contributed by atoms with van der Waals surface area (Å²) >= 11 is 0. The molecule has 0 amide bonds. The molecule has 0 bridgehead atoms. The smallest absolute Gasteiger partial charge is 0.127 e. The van der Waals surface area contributed by atoms with E-state index in [0.29, 0.717) is 19.3 Å². The molecule has 20 heavy (non-hydrogen) atoms. The van der Waals surface area contributed by atoms with Crippen molar-refractivity contribution in [3.8, 4) is 5.75 Å². The van der Waals surface area contributed by atoms with Crippen molar-refractivity contribution in [2.24, 2.45) is 0 Å². The van der Waals surface area contributed by atoms with Crippen LogP contribution in [0.5, 0.6) is 5.75 Å². The number of rotatable bonds is 10. The predicted octanol–water partition coefficient (Wildman–Crippen LogP) is 2.84. The summed E-state index contributed by atoms with van der Waals surface area (Å²) in [5, 5.41) is 3.50. The van der Waals surface area contributed by atoms with Crippen LogP contribution >= 0.6 is 0 Å². The Morgan fingerprint density at radius 2 is 2.15 bits per heavy atom. The first kappa shape index (κ1) is 15.3. The number of nitrogens with zero attached hydrogens (tertiary/aromatic N) is 1. The van der Waals surface area contributed by atoms with Crippen LogP contribution in [-0.2, 0) is 11.3 Å². The fourth-order valence-electron chi connectivity index (χ4n) is 1.93. The van der Waals surface area contributed by atoms with Gasteiger partial charge in [-0.2, -0.15) is 0 Å². The summed E-state index contributed by atoms with van der Waals surface area (Å²) in [4.78, 5) is 4.36. The Labute approximate surface area is 121 Å². The van der Waals surface area contributed by atoms with Crippen LogP contribution < -0.4 is 10.1 Å². The van der Waals surface area contributed by atoms with Gasteiger partial charge in [-0.25, -0.2) is 0 Å². The summed E-state index contributed by atoms with van der Waals surface area (Å²) < 4.78 is 11.4. The minimum atomic E-state index is 0.601. The molecule has 1 fully saturated rings. The van der Waals surface area contributed by atoms with Gasteiger partial charge in [0.2, 0.25) is 0 Å². The summed E-state index contributed by atoms with van der Waals surface area (Å²) in [6.07, 6.45) is 6.78. The summed E-state index contributed by atoms with van der Waals surface area (Å²) in [5.41, 5.74) is 2.12. The molecule has 1 saturated carbocycles. The molecule has 1 N–H and O–H groups in total. The Bertz CT molecular complexity index is 405. The van der Waals surface area contributed by atoms with Crippen LogP contribution in [0.15, 0.2) is 12.3 Å². The largest absolute Gasteiger partial charge is 0.491 e. The number of hydrogen-bond acceptors (Lipinski definition) is 4. The van der Waals surface area contributed by atoms with Gasteiger partial charge in [0.25, 0.3) is 0 Å². The molecule has 1 aliphatic carbocycles. The highest BCUT2D eigenvalue weighted by Gasteiger charge is 2.20. The molecule has 0 aromatic carbocycles. The topological polar surface area (TPSA) is 43.4 Å². The van der Waals surface area contributed by atoms with Gasteiger partial charge in [-0.05, 0) is 26.2 Å². The highest BCUT2D eigenvalue weighted by molar-refractivity contribution is 5.32. The highest BCUT2D eigenvalue weighted by Crippen LogP contribution is 2.22. The first-order valence-corrected chi connectivity index (χ1v) is 7.69. The van der Waals surface area contributed by atoms with Gasteiger partial charge in [-0.1, -0.05) is 13.3 Å². The summed E-state index contributed by atoms with van der Waals surface area (Å²) in [5.74, 6) is 0.935. The summed E-state index contributed by atoms with van der Waals surface area (Å²) in [6, 6.07) is 2.71. The lowest BCUT2D eigenvalue weighted by molar-refractivity contribution is 0.0976. The van der Waals surface area contributed by atoms with E-state index in [2.05, 4.69) is 17.2 Å². The third-order valence-electron chi connectivity index (χ3n) is 3.37. The minimum absolute atomic E-state index is 0.601. The van der Waals surface area contributed by atoms with E-state index in [4.69, 9.17) is 9.47 Å². The molecule has 0 atom stereocenters. The van der Waals surface area contributed by atoms with Gasteiger partial charge < -0.3 is 14.8 Å². The number of nitrogens with one attached hydrogen (secondary N) is 1. The van der Waals surface area contributed by atoms with Crippen molar-refractivity contribution < 1.29 is 9.47 Å². The van der Waals surface area contributed by atoms with E-state index in [9.17, 15) is 0 Å². The van der Waals surface area contributed by atoms with Crippen LogP contribution in [0.3, 0.4) is 0 Å². The third kappa shape index (κ3) is 5.47. The molecule has 2 rings (SSSR count). The number of pyridine rings is 1. The van der Waals surface area contributed by atoms with E-state index in [1.54, 1.807) is 0 Å². The van der Waals surface area contributed by atoms with Crippen LogP contribution in [-0.4, -0.2) is 30.8 Å².